The van der Waals surface area contributed by atoms with Gasteiger partial charge in [-0.05, 0) is 48.4 Å². The lowest BCUT2D eigenvalue weighted by molar-refractivity contribution is 0.0697. The standard InChI is InChI=1S/C19H14N4O2/c1-12-5-7-20-10-16(12)15-6-8-21-18-17(15)11-22-23(18)14-4-2-3-13(9-14)19(24)25/h2-11H,1H3,(H,24,25). The number of carbonyl (C=O) groups is 1. The average molecular weight is 330 g/mol. The molecule has 6 nitrogen and oxygen atoms in total. The van der Waals surface area contributed by atoms with Gasteiger partial charge >= 0.3 is 5.97 Å². The van der Waals surface area contributed by atoms with Gasteiger partial charge in [0.15, 0.2) is 5.65 Å². The number of benzene rings is 1. The number of aryl methyl sites for hydroxylation is 1. The number of hydrogen-bond acceptors (Lipinski definition) is 4. The molecule has 0 atom stereocenters. The molecule has 0 saturated carbocycles. The Morgan fingerprint density at radius 3 is 2.76 bits per heavy atom. The van der Waals surface area contributed by atoms with Crippen LogP contribution in [0.2, 0.25) is 0 Å². The minimum absolute atomic E-state index is 0.209. The second-order valence-electron chi connectivity index (χ2n) is 5.70. The molecular weight excluding hydrogens is 316 g/mol. The monoisotopic (exact) mass is 330 g/mol. The predicted octanol–water partition coefficient (Wildman–Crippen LogP) is 3.49. The summed E-state index contributed by atoms with van der Waals surface area (Å²) in [6.45, 7) is 2.03. The Hall–Kier alpha value is -3.54. The van der Waals surface area contributed by atoms with E-state index in [2.05, 4.69) is 15.1 Å². The van der Waals surface area contributed by atoms with Gasteiger partial charge in [0.1, 0.15) is 0 Å². The van der Waals surface area contributed by atoms with Crippen molar-refractivity contribution in [1.29, 1.82) is 0 Å². The summed E-state index contributed by atoms with van der Waals surface area (Å²) in [6, 6.07) is 10.5. The molecule has 0 saturated heterocycles. The van der Waals surface area contributed by atoms with Crippen LogP contribution in [-0.4, -0.2) is 30.8 Å². The maximum absolute atomic E-state index is 11.2. The van der Waals surface area contributed by atoms with Crippen molar-refractivity contribution in [2.75, 3.05) is 0 Å². The molecule has 4 rings (SSSR count). The SMILES string of the molecule is Cc1ccncc1-c1ccnc2c1cnn2-c1cccc(C(=O)O)c1. The van der Waals surface area contributed by atoms with E-state index in [0.717, 1.165) is 22.1 Å². The minimum Gasteiger partial charge on any atom is -0.478 e. The highest BCUT2D eigenvalue weighted by molar-refractivity contribution is 5.94. The number of pyridine rings is 2. The molecule has 6 heteroatoms. The fourth-order valence-electron chi connectivity index (χ4n) is 2.87. The highest BCUT2D eigenvalue weighted by Gasteiger charge is 2.13. The van der Waals surface area contributed by atoms with Crippen LogP contribution in [0.5, 0.6) is 0 Å². The first-order chi connectivity index (χ1) is 12.1. The first kappa shape index (κ1) is 15.0. The molecule has 122 valence electrons. The summed E-state index contributed by atoms with van der Waals surface area (Å²) in [5, 5.41) is 14.5. The second kappa shape index (κ2) is 5.83. The largest absolute Gasteiger partial charge is 0.478 e. The van der Waals surface area contributed by atoms with Crippen molar-refractivity contribution in [3.05, 3.63) is 72.3 Å². The van der Waals surface area contributed by atoms with Crippen LogP contribution in [0.1, 0.15) is 15.9 Å². The summed E-state index contributed by atoms with van der Waals surface area (Å²) in [5.74, 6) is -0.974. The van der Waals surface area contributed by atoms with Gasteiger partial charge in [-0.15, -0.1) is 0 Å². The van der Waals surface area contributed by atoms with E-state index in [4.69, 9.17) is 0 Å². The van der Waals surface area contributed by atoms with Gasteiger partial charge in [-0.2, -0.15) is 5.10 Å². The molecule has 0 spiro atoms. The summed E-state index contributed by atoms with van der Waals surface area (Å²) >= 11 is 0. The van der Waals surface area contributed by atoms with E-state index in [-0.39, 0.29) is 5.56 Å². The Morgan fingerprint density at radius 2 is 1.96 bits per heavy atom. The summed E-state index contributed by atoms with van der Waals surface area (Å²) in [4.78, 5) is 19.9. The minimum atomic E-state index is -0.974. The van der Waals surface area contributed by atoms with E-state index in [1.165, 1.54) is 0 Å². The fraction of sp³-hybridized carbons (Fsp3) is 0.0526. The van der Waals surface area contributed by atoms with E-state index in [1.54, 1.807) is 41.5 Å². The summed E-state index contributed by atoms with van der Waals surface area (Å²) in [5.41, 5.74) is 4.67. The highest BCUT2D eigenvalue weighted by atomic mass is 16.4. The predicted molar refractivity (Wildman–Crippen MR) is 93.8 cm³/mol. The van der Waals surface area contributed by atoms with Gasteiger partial charge in [0.2, 0.25) is 0 Å². The van der Waals surface area contributed by atoms with Gasteiger partial charge in [0, 0.05) is 29.5 Å². The quantitative estimate of drug-likeness (QED) is 0.622. The first-order valence-corrected chi connectivity index (χ1v) is 7.72. The zero-order chi connectivity index (χ0) is 17.4. The van der Waals surface area contributed by atoms with Crippen LogP contribution >= 0.6 is 0 Å². The number of nitrogens with zero attached hydrogens (tertiary/aromatic N) is 4. The zero-order valence-electron chi connectivity index (χ0n) is 13.4. The molecule has 3 aromatic heterocycles. The molecule has 0 bridgehead atoms. The van der Waals surface area contributed by atoms with Crippen LogP contribution in [0.15, 0.2) is 61.2 Å². The normalized spacial score (nSPS) is 10.9. The molecule has 3 heterocycles. The first-order valence-electron chi connectivity index (χ1n) is 7.72. The molecule has 0 aliphatic heterocycles. The third-order valence-electron chi connectivity index (χ3n) is 4.14. The van der Waals surface area contributed by atoms with Crippen LogP contribution in [0.3, 0.4) is 0 Å². The van der Waals surface area contributed by atoms with E-state index in [1.807, 2.05) is 31.3 Å². The molecule has 1 aromatic carbocycles. The third kappa shape index (κ3) is 2.53. The van der Waals surface area contributed by atoms with Crippen LogP contribution in [0, 0.1) is 6.92 Å². The van der Waals surface area contributed by atoms with Crippen molar-refractivity contribution in [2.45, 2.75) is 6.92 Å². The van der Waals surface area contributed by atoms with Gasteiger partial charge in [-0.1, -0.05) is 6.07 Å². The van der Waals surface area contributed by atoms with Crippen LogP contribution in [-0.2, 0) is 0 Å². The van der Waals surface area contributed by atoms with Crippen LogP contribution in [0.25, 0.3) is 27.8 Å². The summed E-state index contributed by atoms with van der Waals surface area (Å²) < 4.78 is 1.65. The molecule has 0 aliphatic rings. The van der Waals surface area contributed by atoms with Crippen molar-refractivity contribution < 1.29 is 9.90 Å². The Bertz CT molecular complexity index is 1100. The lowest BCUT2D eigenvalue weighted by atomic mass is 10.0. The van der Waals surface area contributed by atoms with Crippen molar-refractivity contribution in [3.63, 3.8) is 0 Å². The molecule has 25 heavy (non-hydrogen) atoms. The fourth-order valence-corrected chi connectivity index (χ4v) is 2.87. The number of carboxylic acids is 1. The van der Waals surface area contributed by atoms with Crippen molar-refractivity contribution in [2.24, 2.45) is 0 Å². The summed E-state index contributed by atoms with van der Waals surface area (Å²) in [7, 11) is 0. The Balaban J connectivity index is 1.92. The summed E-state index contributed by atoms with van der Waals surface area (Å²) in [6.07, 6.45) is 7.06. The van der Waals surface area contributed by atoms with Gasteiger partial charge in [-0.25, -0.2) is 14.5 Å². The smallest absolute Gasteiger partial charge is 0.335 e. The molecule has 0 unspecified atom stereocenters. The number of fused-ring (bicyclic) bond motifs is 1. The Morgan fingerprint density at radius 1 is 1.08 bits per heavy atom. The number of aromatic carboxylic acids is 1. The van der Waals surface area contributed by atoms with E-state index < -0.39 is 5.97 Å². The number of carboxylic acid groups (broad SMARTS) is 1. The van der Waals surface area contributed by atoms with Crippen molar-refractivity contribution in [3.8, 4) is 16.8 Å². The molecule has 0 amide bonds. The van der Waals surface area contributed by atoms with Crippen LogP contribution < -0.4 is 0 Å². The Kier molecular flexibility index (Phi) is 3.50. The average Bonchev–Trinajstić information content (AvgIpc) is 3.06. The Labute approximate surface area is 143 Å². The molecule has 4 aromatic rings. The topological polar surface area (TPSA) is 80.9 Å². The molecule has 0 fully saturated rings. The maximum Gasteiger partial charge on any atom is 0.335 e. The van der Waals surface area contributed by atoms with E-state index in [0.29, 0.717) is 11.3 Å². The van der Waals surface area contributed by atoms with Crippen molar-refractivity contribution >= 4 is 17.0 Å². The van der Waals surface area contributed by atoms with E-state index in [9.17, 15) is 9.90 Å². The number of aromatic nitrogens is 4. The second-order valence-corrected chi connectivity index (χ2v) is 5.70. The van der Waals surface area contributed by atoms with Gasteiger partial charge in [0.25, 0.3) is 0 Å². The molecule has 0 radical (unpaired) electrons. The van der Waals surface area contributed by atoms with Crippen molar-refractivity contribution in [1.82, 2.24) is 19.7 Å². The molecule has 1 N–H and O–H groups in total. The zero-order valence-corrected chi connectivity index (χ0v) is 13.4. The maximum atomic E-state index is 11.2. The van der Waals surface area contributed by atoms with E-state index >= 15 is 0 Å². The van der Waals surface area contributed by atoms with Gasteiger partial charge in [0.05, 0.1) is 17.4 Å². The third-order valence-corrected chi connectivity index (χ3v) is 4.14. The lowest BCUT2D eigenvalue weighted by Gasteiger charge is -2.07. The highest BCUT2D eigenvalue weighted by Crippen LogP contribution is 2.30. The van der Waals surface area contributed by atoms with Crippen LogP contribution in [0.4, 0.5) is 0 Å². The number of hydrogen-bond donors (Lipinski definition) is 1. The lowest BCUT2D eigenvalue weighted by Crippen LogP contribution is -2.01. The molecule has 0 aliphatic carbocycles. The van der Waals surface area contributed by atoms with Gasteiger partial charge in [-0.3, -0.25) is 4.98 Å². The molecular formula is C19H14N4O2. The number of rotatable bonds is 3. The van der Waals surface area contributed by atoms with Gasteiger partial charge < -0.3 is 5.11 Å².